The third-order valence-electron chi connectivity index (χ3n) is 2.71. The Balaban J connectivity index is 4.04. The van der Waals surface area contributed by atoms with Crippen LogP contribution in [0.2, 0.25) is 0 Å². The van der Waals surface area contributed by atoms with E-state index in [9.17, 15) is 4.79 Å². The highest BCUT2D eigenvalue weighted by Crippen LogP contribution is 2.32. The smallest absolute Gasteiger partial charge is 0.306 e. The number of rotatable bonds is 7. The second-order valence-electron chi connectivity index (χ2n) is 5.11. The molecule has 0 spiro atoms. The highest BCUT2D eigenvalue weighted by atomic mass is 17.1. The fraction of sp³-hybridized carbons (Fsp3) is 0.917. The van der Waals surface area contributed by atoms with Crippen molar-refractivity contribution in [3.63, 3.8) is 0 Å². The van der Waals surface area contributed by atoms with Crippen molar-refractivity contribution in [1.82, 2.24) is 0 Å². The summed E-state index contributed by atoms with van der Waals surface area (Å²) in [6, 6.07) is 0. The number of carbonyl (C=O) groups is 1. The summed E-state index contributed by atoms with van der Waals surface area (Å²) in [5, 5.41) is 8.08. The van der Waals surface area contributed by atoms with Crippen molar-refractivity contribution in [1.29, 1.82) is 0 Å². The maximum Gasteiger partial charge on any atom is 0.306 e. The van der Waals surface area contributed by atoms with Crippen LogP contribution in [-0.2, 0) is 14.4 Å². The van der Waals surface area contributed by atoms with Crippen molar-refractivity contribution in [3.8, 4) is 0 Å². The zero-order valence-corrected chi connectivity index (χ0v) is 10.8. The molecule has 16 heavy (non-hydrogen) atoms. The summed E-state index contributed by atoms with van der Waals surface area (Å²) in [5.41, 5.74) is 0.114. The molecule has 96 valence electrons. The lowest BCUT2D eigenvalue weighted by atomic mass is 9.76. The summed E-state index contributed by atoms with van der Waals surface area (Å²) < 4.78 is 4.93. The van der Waals surface area contributed by atoms with Crippen LogP contribution in [-0.4, -0.2) is 24.4 Å². The molecule has 0 heterocycles. The number of hydrogen-bond donors (Lipinski definition) is 1. The molecule has 0 saturated heterocycles. The Bertz CT molecular complexity index is 196. The van der Waals surface area contributed by atoms with Crippen molar-refractivity contribution in [2.75, 3.05) is 13.2 Å². The molecule has 4 nitrogen and oxygen atoms in total. The molecule has 4 heteroatoms. The lowest BCUT2D eigenvalue weighted by Crippen LogP contribution is -2.24. The van der Waals surface area contributed by atoms with Gasteiger partial charge in [0.05, 0.1) is 0 Å². The number of hydrogen-bond acceptors (Lipinski definition) is 4. The van der Waals surface area contributed by atoms with Crippen LogP contribution in [0.15, 0.2) is 0 Å². The van der Waals surface area contributed by atoms with Gasteiger partial charge in [-0.25, -0.2) is 4.89 Å². The zero-order chi connectivity index (χ0) is 12.6. The first-order chi connectivity index (χ1) is 7.41. The summed E-state index contributed by atoms with van der Waals surface area (Å²) >= 11 is 0. The average molecular weight is 232 g/mol. The third kappa shape index (κ3) is 6.80. The summed E-state index contributed by atoms with van der Waals surface area (Å²) in [6.45, 7) is 8.66. The van der Waals surface area contributed by atoms with E-state index in [0.717, 1.165) is 12.8 Å². The zero-order valence-electron chi connectivity index (χ0n) is 10.8. The topological polar surface area (TPSA) is 55.8 Å². The molecular weight excluding hydrogens is 208 g/mol. The highest BCUT2D eigenvalue weighted by Gasteiger charge is 2.26. The van der Waals surface area contributed by atoms with Crippen LogP contribution in [0, 0.1) is 11.3 Å². The van der Waals surface area contributed by atoms with E-state index in [4.69, 9.17) is 9.99 Å². The van der Waals surface area contributed by atoms with Crippen LogP contribution in [0.5, 0.6) is 0 Å². The van der Waals surface area contributed by atoms with Crippen LogP contribution in [0.1, 0.15) is 47.0 Å². The van der Waals surface area contributed by atoms with E-state index in [1.54, 1.807) is 0 Å². The van der Waals surface area contributed by atoms with Crippen molar-refractivity contribution in [2.45, 2.75) is 47.0 Å². The van der Waals surface area contributed by atoms with Crippen LogP contribution in [0.3, 0.4) is 0 Å². The molecule has 0 amide bonds. The maximum absolute atomic E-state index is 11.5. The van der Waals surface area contributed by atoms with Gasteiger partial charge < -0.3 is 4.74 Å². The third-order valence-corrected chi connectivity index (χ3v) is 2.71. The molecule has 0 saturated carbocycles. The molecule has 1 atom stereocenters. The largest absolute Gasteiger partial charge is 0.463 e. The van der Waals surface area contributed by atoms with Gasteiger partial charge >= 0.3 is 5.97 Å². The summed E-state index contributed by atoms with van der Waals surface area (Å²) in [7, 11) is 0. The monoisotopic (exact) mass is 232 g/mol. The Morgan fingerprint density at radius 3 is 2.38 bits per heavy atom. The molecule has 0 aromatic rings. The molecule has 0 aliphatic rings. The van der Waals surface area contributed by atoms with Gasteiger partial charge in [0.1, 0.15) is 13.2 Å². The second kappa shape index (κ2) is 7.63. The van der Waals surface area contributed by atoms with Crippen LogP contribution in [0.25, 0.3) is 0 Å². The maximum atomic E-state index is 11.5. The number of esters is 1. The first-order valence-corrected chi connectivity index (χ1v) is 5.83. The molecule has 0 aromatic carbocycles. The Morgan fingerprint density at radius 1 is 1.31 bits per heavy atom. The van der Waals surface area contributed by atoms with Crippen LogP contribution < -0.4 is 0 Å². The first kappa shape index (κ1) is 15.4. The van der Waals surface area contributed by atoms with Gasteiger partial charge in [0, 0.05) is 6.42 Å². The molecule has 0 aliphatic heterocycles. The quantitative estimate of drug-likeness (QED) is 0.317. The van der Waals surface area contributed by atoms with Gasteiger partial charge in [-0.2, -0.15) is 0 Å². The Hall–Kier alpha value is -0.610. The first-order valence-electron chi connectivity index (χ1n) is 5.83. The lowest BCUT2D eigenvalue weighted by molar-refractivity contribution is -0.248. The predicted octanol–water partition coefficient (Wildman–Crippen LogP) is 2.87. The van der Waals surface area contributed by atoms with E-state index in [-0.39, 0.29) is 24.6 Å². The Morgan fingerprint density at radius 2 is 1.94 bits per heavy atom. The average Bonchev–Trinajstić information content (AvgIpc) is 2.16. The second-order valence-corrected chi connectivity index (χ2v) is 5.11. The fourth-order valence-electron chi connectivity index (χ4n) is 1.64. The summed E-state index contributed by atoms with van der Waals surface area (Å²) in [5.74, 6) is 0.116. The van der Waals surface area contributed by atoms with Crippen molar-refractivity contribution in [2.24, 2.45) is 11.3 Å². The van der Waals surface area contributed by atoms with Gasteiger partial charge in [-0.05, 0) is 17.8 Å². The van der Waals surface area contributed by atoms with Crippen molar-refractivity contribution >= 4 is 5.97 Å². The van der Waals surface area contributed by atoms with Crippen molar-refractivity contribution in [3.05, 3.63) is 0 Å². The molecule has 1 N–H and O–H groups in total. The standard InChI is InChI=1S/C12H24O4/c1-5-6-10(12(2,3)4)9-11(13)15-7-8-16-14/h10,14H,5-9H2,1-4H3. The Labute approximate surface area is 97.9 Å². The minimum absolute atomic E-state index is 0.0275. The molecule has 1 unspecified atom stereocenters. The van der Waals surface area contributed by atoms with E-state index >= 15 is 0 Å². The minimum Gasteiger partial charge on any atom is -0.463 e. The highest BCUT2D eigenvalue weighted by molar-refractivity contribution is 5.69. The van der Waals surface area contributed by atoms with E-state index in [1.807, 2.05) is 0 Å². The summed E-state index contributed by atoms with van der Waals surface area (Å²) in [6.07, 6.45) is 2.52. The van der Waals surface area contributed by atoms with Gasteiger partial charge in [-0.15, -0.1) is 0 Å². The molecule has 0 fully saturated rings. The van der Waals surface area contributed by atoms with Crippen molar-refractivity contribution < 1.29 is 19.7 Å². The van der Waals surface area contributed by atoms with E-state index < -0.39 is 0 Å². The Kier molecular flexibility index (Phi) is 7.34. The van der Waals surface area contributed by atoms with E-state index in [0.29, 0.717) is 12.3 Å². The molecular formula is C12H24O4. The number of carbonyl (C=O) groups excluding carboxylic acids is 1. The fourth-order valence-corrected chi connectivity index (χ4v) is 1.64. The minimum atomic E-state index is -0.217. The molecule has 0 bridgehead atoms. The summed E-state index contributed by atoms with van der Waals surface area (Å²) in [4.78, 5) is 15.3. The molecule has 0 aromatic heterocycles. The van der Waals surface area contributed by atoms with Gasteiger partial charge in [0.2, 0.25) is 0 Å². The SMILES string of the molecule is CCCC(CC(=O)OCCOO)C(C)(C)C. The van der Waals surface area contributed by atoms with Gasteiger partial charge in [-0.1, -0.05) is 34.1 Å². The van der Waals surface area contributed by atoms with Crippen LogP contribution >= 0.6 is 0 Å². The van der Waals surface area contributed by atoms with Gasteiger partial charge in [0.15, 0.2) is 0 Å². The van der Waals surface area contributed by atoms with Gasteiger partial charge in [-0.3, -0.25) is 10.1 Å². The lowest BCUT2D eigenvalue weighted by Gasteiger charge is -2.29. The van der Waals surface area contributed by atoms with E-state index in [1.165, 1.54) is 0 Å². The molecule has 0 radical (unpaired) electrons. The van der Waals surface area contributed by atoms with E-state index in [2.05, 4.69) is 32.6 Å². The van der Waals surface area contributed by atoms with Gasteiger partial charge in [0.25, 0.3) is 0 Å². The molecule has 0 rings (SSSR count). The normalized spacial score (nSPS) is 13.6. The predicted molar refractivity (Wildman–Crippen MR) is 62.0 cm³/mol. The van der Waals surface area contributed by atoms with Crippen LogP contribution in [0.4, 0.5) is 0 Å². The molecule has 0 aliphatic carbocycles. The number of ether oxygens (including phenoxy) is 1.